The van der Waals surface area contributed by atoms with Crippen LogP contribution in [0.25, 0.3) is 5.82 Å². The molecule has 2 aromatic rings. The van der Waals surface area contributed by atoms with Gasteiger partial charge in [-0.05, 0) is 32.4 Å². The standard InChI is InChI=1S/C16H24N4/c1-4-5-6-7-13(2)19-15-8-9-16(18-12-15)20-11-10-17-14(20)3/h8-13,19H,4-7H2,1-3H3. The molecular weight excluding hydrogens is 248 g/mol. The van der Waals surface area contributed by atoms with Crippen molar-refractivity contribution in [2.45, 2.75) is 52.5 Å². The molecule has 0 saturated heterocycles. The van der Waals surface area contributed by atoms with Crippen molar-refractivity contribution in [3.05, 3.63) is 36.5 Å². The maximum absolute atomic E-state index is 4.49. The van der Waals surface area contributed by atoms with Crippen molar-refractivity contribution in [1.82, 2.24) is 14.5 Å². The van der Waals surface area contributed by atoms with E-state index in [-0.39, 0.29) is 0 Å². The van der Waals surface area contributed by atoms with Crippen LogP contribution in [0.4, 0.5) is 5.69 Å². The van der Waals surface area contributed by atoms with Crippen LogP contribution >= 0.6 is 0 Å². The molecule has 2 heterocycles. The lowest BCUT2D eigenvalue weighted by molar-refractivity contribution is 0.615. The minimum atomic E-state index is 0.490. The third kappa shape index (κ3) is 3.83. The minimum Gasteiger partial charge on any atom is -0.381 e. The fourth-order valence-electron chi connectivity index (χ4n) is 2.29. The lowest BCUT2D eigenvalue weighted by Crippen LogP contribution is -2.15. The molecule has 0 fully saturated rings. The van der Waals surface area contributed by atoms with Crippen LogP contribution in [0.2, 0.25) is 0 Å². The number of anilines is 1. The van der Waals surface area contributed by atoms with Crippen LogP contribution in [0.1, 0.15) is 45.4 Å². The summed E-state index contributed by atoms with van der Waals surface area (Å²) in [5.74, 6) is 1.86. The summed E-state index contributed by atoms with van der Waals surface area (Å²) in [4.78, 5) is 8.70. The van der Waals surface area contributed by atoms with Crippen LogP contribution in [0.3, 0.4) is 0 Å². The van der Waals surface area contributed by atoms with E-state index in [9.17, 15) is 0 Å². The van der Waals surface area contributed by atoms with Gasteiger partial charge in [0.05, 0.1) is 11.9 Å². The first-order valence-corrected chi connectivity index (χ1v) is 7.43. The quantitative estimate of drug-likeness (QED) is 0.776. The van der Waals surface area contributed by atoms with E-state index in [0.717, 1.165) is 17.3 Å². The predicted octanol–water partition coefficient (Wildman–Crippen LogP) is 3.96. The molecule has 108 valence electrons. The molecule has 4 heteroatoms. The summed E-state index contributed by atoms with van der Waals surface area (Å²) in [5, 5.41) is 3.50. The fraction of sp³-hybridized carbons (Fsp3) is 0.500. The van der Waals surface area contributed by atoms with Gasteiger partial charge in [-0.1, -0.05) is 26.2 Å². The van der Waals surface area contributed by atoms with Crippen LogP contribution < -0.4 is 5.32 Å². The highest BCUT2D eigenvalue weighted by Crippen LogP contribution is 2.14. The Bertz CT molecular complexity index is 516. The zero-order valence-electron chi connectivity index (χ0n) is 12.6. The first kappa shape index (κ1) is 14.6. The number of nitrogens with zero attached hydrogens (tertiary/aromatic N) is 3. The zero-order chi connectivity index (χ0) is 14.4. The molecule has 0 aliphatic carbocycles. The largest absolute Gasteiger partial charge is 0.381 e. The first-order valence-electron chi connectivity index (χ1n) is 7.43. The first-order chi connectivity index (χ1) is 9.70. The minimum absolute atomic E-state index is 0.490. The van der Waals surface area contributed by atoms with Crippen molar-refractivity contribution in [2.24, 2.45) is 0 Å². The molecule has 1 unspecified atom stereocenters. The molecule has 2 aromatic heterocycles. The van der Waals surface area contributed by atoms with Gasteiger partial charge in [-0.2, -0.15) is 0 Å². The Morgan fingerprint density at radius 3 is 2.70 bits per heavy atom. The number of nitrogens with one attached hydrogen (secondary N) is 1. The van der Waals surface area contributed by atoms with Gasteiger partial charge < -0.3 is 5.32 Å². The third-order valence-electron chi connectivity index (χ3n) is 3.47. The maximum Gasteiger partial charge on any atom is 0.138 e. The summed E-state index contributed by atoms with van der Waals surface area (Å²) in [6.45, 7) is 6.44. The third-order valence-corrected chi connectivity index (χ3v) is 3.47. The highest BCUT2D eigenvalue weighted by Gasteiger charge is 2.04. The summed E-state index contributed by atoms with van der Waals surface area (Å²) < 4.78 is 1.98. The van der Waals surface area contributed by atoms with Gasteiger partial charge in [0, 0.05) is 18.4 Å². The molecule has 0 radical (unpaired) electrons. The molecule has 0 aliphatic heterocycles. The lowest BCUT2D eigenvalue weighted by Gasteiger charge is -2.15. The van der Waals surface area contributed by atoms with E-state index in [1.54, 1.807) is 6.20 Å². The second-order valence-corrected chi connectivity index (χ2v) is 5.29. The molecule has 0 saturated carbocycles. The molecule has 4 nitrogen and oxygen atoms in total. The Morgan fingerprint density at radius 2 is 2.10 bits per heavy atom. The number of imidazole rings is 1. The molecular formula is C16H24N4. The van der Waals surface area contributed by atoms with Crippen molar-refractivity contribution >= 4 is 5.69 Å². The van der Waals surface area contributed by atoms with Gasteiger partial charge in [0.15, 0.2) is 0 Å². The van der Waals surface area contributed by atoms with E-state index in [4.69, 9.17) is 0 Å². The fourth-order valence-corrected chi connectivity index (χ4v) is 2.29. The number of hydrogen-bond acceptors (Lipinski definition) is 3. The number of aromatic nitrogens is 3. The van der Waals surface area contributed by atoms with Gasteiger partial charge in [0.2, 0.25) is 0 Å². The molecule has 0 bridgehead atoms. The van der Waals surface area contributed by atoms with Gasteiger partial charge >= 0.3 is 0 Å². The van der Waals surface area contributed by atoms with E-state index in [0.29, 0.717) is 6.04 Å². The maximum atomic E-state index is 4.49. The smallest absolute Gasteiger partial charge is 0.138 e. The Labute approximate surface area is 121 Å². The highest BCUT2D eigenvalue weighted by atomic mass is 15.1. The summed E-state index contributed by atoms with van der Waals surface area (Å²) in [6.07, 6.45) is 10.7. The van der Waals surface area contributed by atoms with Crippen LogP contribution in [-0.4, -0.2) is 20.6 Å². The summed E-state index contributed by atoms with van der Waals surface area (Å²) in [5.41, 5.74) is 1.08. The predicted molar refractivity (Wildman–Crippen MR) is 83.3 cm³/mol. The van der Waals surface area contributed by atoms with E-state index >= 15 is 0 Å². The summed E-state index contributed by atoms with van der Waals surface area (Å²) >= 11 is 0. The zero-order valence-corrected chi connectivity index (χ0v) is 12.6. The van der Waals surface area contributed by atoms with Crippen molar-refractivity contribution in [3.63, 3.8) is 0 Å². The Kier molecular flexibility index (Phi) is 5.16. The second kappa shape index (κ2) is 7.08. The monoisotopic (exact) mass is 272 g/mol. The van der Waals surface area contributed by atoms with E-state index < -0.39 is 0 Å². The number of rotatable bonds is 7. The van der Waals surface area contributed by atoms with Gasteiger partial charge in [0.1, 0.15) is 11.6 Å². The second-order valence-electron chi connectivity index (χ2n) is 5.29. The van der Waals surface area contributed by atoms with Crippen LogP contribution in [0, 0.1) is 6.92 Å². The Hall–Kier alpha value is -1.84. The van der Waals surface area contributed by atoms with Gasteiger partial charge in [0.25, 0.3) is 0 Å². The van der Waals surface area contributed by atoms with E-state index in [1.807, 2.05) is 30.0 Å². The van der Waals surface area contributed by atoms with Crippen molar-refractivity contribution < 1.29 is 0 Å². The topological polar surface area (TPSA) is 42.7 Å². The number of aryl methyl sites for hydroxylation is 1. The molecule has 0 amide bonds. The van der Waals surface area contributed by atoms with Gasteiger partial charge in [-0.25, -0.2) is 9.97 Å². The molecule has 1 atom stereocenters. The number of pyridine rings is 1. The van der Waals surface area contributed by atoms with E-state index in [1.165, 1.54) is 25.7 Å². The average Bonchev–Trinajstić information content (AvgIpc) is 2.86. The van der Waals surface area contributed by atoms with E-state index in [2.05, 4.69) is 35.2 Å². The SMILES string of the molecule is CCCCCC(C)Nc1ccc(-n2ccnc2C)nc1. The molecule has 1 N–H and O–H groups in total. The number of unbranched alkanes of at least 4 members (excludes halogenated alkanes) is 2. The normalized spacial score (nSPS) is 12.3. The van der Waals surface area contributed by atoms with Gasteiger partial charge in [-0.3, -0.25) is 4.57 Å². The lowest BCUT2D eigenvalue weighted by atomic mass is 10.1. The molecule has 0 aliphatic rings. The summed E-state index contributed by atoms with van der Waals surface area (Å²) in [6, 6.07) is 4.60. The molecule has 0 aromatic carbocycles. The van der Waals surface area contributed by atoms with Crippen molar-refractivity contribution in [1.29, 1.82) is 0 Å². The van der Waals surface area contributed by atoms with Crippen molar-refractivity contribution in [2.75, 3.05) is 5.32 Å². The highest BCUT2D eigenvalue weighted by molar-refractivity contribution is 5.44. The average molecular weight is 272 g/mol. The van der Waals surface area contributed by atoms with Crippen LogP contribution in [0.5, 0.6) is 0 Å². The molecule has 0 spiro atoms. The van der Waals surface area contributed by atoms with Crippen LogP contribution in [0.15, 0.2) is 30.7 Å². The summed E-state index contributed by atoms with van der Waals surface area (Å²) in [7, 11) is 0. The van der Waals surface area contributed by atoms with Gasteiger partial charge in [-0.15, -0.1) is 0 Å². The molecule has 20 heavy (non-hydrogen) atoms. The Balaban J connectivity index is 1.93. The molecule has 2 rings (SSSR count). The number of hydrogen-bond donors (Lipinski definition) is 1. The Morgan fingerprint density at radius 1 is 1.25 bits per heavy atom. The van der Waals surface area contributed by atoms with Crippen molar-refractivity contribution in [3.8, 4) is 5.82 Å². The van der Waals surface area contributed by atoms with Crippen LogP contribution in [-0.2, 0) is 0 Å².